The average molecular weight is 478 g/mol. The third-order valence-electron chi connectivity index (χ3n) is 6.94. The Labute approximate surface area is 200 Å². The molecule has 2 amide bonds. The molecule has 8 nitrogen and oxygen atoms in total. The molecule has 2 aromatic carbocycles. The first-order valence-electron chi connectivity index (χ1n) is 11.7. The van der Waals surface area contributed by atoms with Crippen LogP contribution < -0.4 is 5.32 Å². The molecule has 0 saturated carbocycles. The van der Waals surface area contributed by atoms with E-state index in [2.05, 4.69) is 31.6 Å². The van der Waals surface area contributed by atoms with Crippen LogP contribution in [0.3, 0.4) is 0 Å². The first-order valence-corrected chi connectivity index (χ1v) is 11.7. The minimum absolute atomic E-state index is 0.00162. The van der Waals surface area contributed by atoms with Gasteiger partial charge in [0.25, 0.3) is 0 Å². The van der Waals surface area contributed by atoms with E-state index in [1.165, 1.54) is 12.1 Å². The molecule has 1 saturated heterocycles. The summed E-state index contributed by atoms with van der Waals surface area (Å²) in [5.74, 6) is -1.12. The lowest BCUT2D eigenvalue weighted by atomic mass is 9.99. The number of aromatic nitrogens is 4. The summed E-state index contributed by atoms with van der Waals surface area (Å²) in [4.78, 5) is 17.0. The molecule has 4 heterocycles. The molecule has 1 atom stereocenters. The van der Waals surface area contributed by atoms with E-state index in [0.717, 1.165) is 58.9 Å². The molecule has 2 N–H and O–H groups in total. The maximum atomic E-state index is 14.2. The summed E-state index contributed by atoms with van der Waals surface area (Å²) in [5, 5.41) is 15.8. The van der Waals surface area contributed by atoms with E-state index in [0.29, 0.717) is 25.2 Å². The predicted molar refractivity (Wildman–Crippen MR) is 128 cm³/mol. The molecule has 0 aliphatic carbocycles. The average Bonchev–Trinajstić information content (AvgIpc) is 3.45. The van der Waals surface area contributed by atoms with Gasteiger partial charge < -0.3 is 10.2 Å². The molecule has 4 aromatic rings. The number of aryl methyl sites for hydroxylation is 1. The number of urea groups is 1. The Kier molecular flexibility index (Phi) is 5.25. The van der Waals surface area contributed by atoms with Crippen LogP contribution in [0.15, 0.2) is 42.7 Å². The number of hydrogen-bond donors (Lipinski definition) is 2. The van der Waals surface area contributed by atoms with Crippen molar-refractivity contribution in [1.82, 2.24) is 29.8 Å². The van der Waals surface area contributed by atoms with Crippen LogP contribution in [0.5, 0.6) is 0 Å². The summed E-state index contributed by atoms with van der Waals surface area (Å²) in [7, 11) is 1.87. The number of hydrogen-bond acceptors (Lipinski definition) is 4. The molecular weight excluding hydrogens is 452 g/mol. The number of fused-ring (bicyclic) bond motifs is 2. The fourth-order valence-corrected chi connectivity index (χ4v) is 5.18. The van der Waals surface area contributed by atoms with E-state index in [4.69, 9.17) is 0 Å². The van der Waals surface area contributed by atoms with Gasteiger partial charge in [0.1, 0.15) is 17.3 Å². The molecular formula is C25H25F2N7O. The van der Waals surface area contributed by atoms with Crippen molar-refractivity contribution in [2.75, 3.05) is 18.4 Å². The SMILES string of the molecule is Cn1cc(-c2n[nH]c3cc4c(cc23)CN([C@@H]2CCCN(Cc3ccc(F)cc3F)C2)C(=O)N4)cn1. The van der Waals surface area contributed by atoms with Gasteiger partial charge in [-0.3, -0.25) is 14.7 Å². The number of benzene rings is 2. The number of nitrogens with zero attached hydrogens (tertiary/aromatic N) is 5. The van der Waals surface area contributed by atoms with Crippen LogP contribution in [0.2, 0.25) is 0 Å². The predicted octanol–water partition coefficient (Wildman–Crippen LogP) is 4.25. The number of carbonyl (C=O) groups is 1. The highest BCUT2D eigenvalue weighted by atomic mass is 19.1. The number of piperidine rings is 1. The van der Waals surface area contributed by atoms with Gasteiger partial charge in [0, 0.05) is 67.2 Å². The first kappa shape index (κ1) is 21.7. The summed E-state index contributed by atoms with van der Waals surface area (Å²) in [6.45, 7) is 2.31. The van der Waals surface area contributed by atoms with Gasteiger partial charge in [-0.05, 0) is 43.1 Å². The summed E-state index contributed by atoms with van der Waals surface area (Å²) >= 11 is 0. The molecule has 0 spiro atoms. The number of nitrogens with one attached hydrogen (secondary N) is 2. The van der Waals surface area contributed by atoms with Crippen molar-refractivity contribution < 1.29 is 13.6 Å². The zero-order valence-electron chi connectivity index (χ0n) is 19.3. The number of rotatable bonds is 4. The summed E-state index contributed by atoms with van der Waals surface area (Å²) in [5.41, 5.74) is 4.86. The van der Waals surface area contributed by atoms with Gasteiger partial charge in [-0.2, -0.15) is 10.2 Å². The monoisotopic (exact) mass is 477 g/mol. The number of amides is 2. The van der Waals surface area contributed by atoms with Gasteiger partial charge in [0.15, 0.2) is 0 Å². The second-order valence-electron chi connectivity index (χ2n) is 9.35. The standard InChI is InChI=1S/C25H25F2N7O/c1-32-11-17(10-28-32)24-20-7-16-13-34(25(35)29-22(16)9-23(20)30-31-24)19-3-2-6-33(14-19)12-15-4-5-18(26)8-21(15)27/h4-5,7-11,19H,2-3,6,12-14H2,1H3,(H,29,35)(H,30,31)/t19-/m1/s1. The number of H-pyrrole nitrogens is 1. The fraction of sp³-hybridized carbons (Fsp3) is 0.320. The molecule has 6 rings (SSSR count). The third-order valence-corrected chi connectivity index (χ3v) is 6.94. The van der Waals surface area contributed by atoms with Crippen LogP contribution in [0.4, 0.5) is 19.3 Å². The van der Waals surface area contributed by atoms with Crippen molar-refractivity contribution in [3.05, 3.63) is 65.5 Å². The Morgan fingerprint density at radius 2 is 2.09 bits per heavy atom. The highest BCUT2D eigenvalue weighted by Gasteiger charge is 2.33. The first-order chi connectivity index (χ1) is 16.9. The zero-order valence-corrected chi connectivity index (χ0v) is 19.3. The van der Waals surface area contributed by atoms with Gasteiger partial charge >= 0.3 is 6.03 Å². The highest BCUT2D eigenvalue weighted by molar-refractivity contribution is 6.00. The quantitative estimate of drug-likeness (QED) is 0.460. The van der Waals surface area contributed by atoms with Crippen molar-refractivity contribution in [2.45, 2.75) is 32.0 Å². The Balaban J connectivity index is 1.24. The Morgan fingerprint density at radius 3 is 2.89 bits per heavy atom. The summed E-state index contributed by atoms with van der Waals surface area (Å²) < 4.78 is 29.2. The second kappa shape index (κ2) is 8.46. The molecule has 35 heavy (non-hydrogen) atoms. The lowest BCUT2D eigenvalue weighted by molar-refractivity contribution is 0.107. The molecule has 0 unspecified atom stereocenters. The second-order valence-corrected chi connectivity index (χ2v) is 9.35. The summed E-state index contributed by atoms with van der Waals surface area (Å²) in [6, 6.07) is 7.57. The molecule has 0 bridgehead atoms. The van der Waals surface area contributed by atoms with Crippen LogP contribution in [0.1, 0.15) is 24.0 Å². The normalized spacial score (nSPS) is 18.7. The number of anilines is 1. The van der Waals surface area contributed by atoms with E-state index >= 15 is 0 Å². The van der Waals surface area contributed by atoms with Gasteiger partial charge in [-0.15, -0.1) is 0 Å². The van der Waals surface area contributed by atoms with Crippen molar-refractivity contribution in [3.63, 3.8) is 0 Å². The topological polar surface area (TPSA) is 82.1 Å². The minimum atomic E-state index is -0.579. The highest BCUT2D eigenvalue weighted by Crippen LogP contribution is 2.34. The van der Waals surface area contributed by atoms with Crippen molar-refractivity contribution in [1.29, 1.82) is 0 Å². The van der Waals surface area contributed by atoms with E-state index in [1.54, 1.807) is 10.9 Å². The van der Waals surface area contributed by atoms with Crippen LogP contribution >= 0.6 is 0 Å². The lowest BCUT2D eigenvalue weighted by Crippen LogP contribution is -2.52. The maximum absolute atomic E-state index is 14.2. The van der Waals surface area contributed by atoms with E-state index in [1.807, 2.05) is 24.2 Å². The zero-order chi connectivity index (χ0) is 24.1. The van der Waals surface area contributed by atoms with E-state index in [9.17, 15) is 13.6 Å². The Morgan fingerprint density at radius 1 is 1.20 bits per heavy atom. The number of aromatic amines is 1. The molecule has 2 aromatic heterocycles. The smallest absolute Gasteiger partial charge is 0.316 e. The lowest BCUT2D eigenvalue weighted by Gasteiger charge is -2.41. The van der Waals surface area contributed by atoms with Gasteiger partial charge in [-0.1, -0.05) is 6.07 Å². The van der Waals surface area contributed by atoms with Crippen LogP contribution in [-0.4, -0.2) is 54.9 Å². The molecule has 1 fully saturated rings. The van der Waals surface area contributed by atoms with Crippen LogP contribution in [0, 0.1) is 11.6 Å². The van der Waals surface area contributed by atoms with Crippen molar-refractivity contribution in [2.24, 2.45) is 7.05 Å². The molecule has 0 radical (unpaired) electrons. The van der Waals surface area contributed by atoms with Gasteiger partial charge in [0.2, 0.25) is 0 Å². The van der Waals surface area contributed by atoms with Crippen LogP contribution in [0.25, 0.3) is 22.2 Å². The van der Waals surface area contributed by atoms with Crippen LogP contribution in [-0.2, 0) is 20.1 Å². The number of carbonyl (C=O) groups excluding carboxylic acids is 1. The maximum Gasteiger partial charge on any atom is 0.322 e. The number of halogens is 2. The van der Waals surface area contributed by atoms with Gasteiger partial charge in [-0.25, -0.2) is 13.6 Å². The number of likely N-dealkylation sites (tertiary alicyclic amines) is 1. The molecule has 2 aliphatic rings. The van der Waals surface area contributed by atoms with E-state index < -0.39 is 11.6 Å². The minimum Gasteiger partial charge on any atom is -0.316 e. The van der Waals surface area contributed by atoms with Crippen molar-refractivity contribution >= 4 is 22.6 Å². The van der Waals surface area contributed by atoms with Crippen molar-refractivity contribution in [3.8, 4) is 11.3 Å². The fourth-order valence-electron chi connectivity index (χ4n) is 5.18. The van der Waals surface area contributed by atoms with E-state index in [-0.39, 0.29) is 12.1 Å². The molecule has 2 aliphatic heterocycles. The third kappa shape index (κ3) is 4.03. The largest absolute Gasteiger partial charge is 0.322 e. The molecule has 10 heteroatoms. The van der Waals surface area contributed by atoms with Gasteiger partial charge in [0.05, 0.1) is 11.7 Å². The molecule has 180 valence electrons. The Bertz CT molecular complexity index is 1430. The summed E-state index contributed by atoms with van der Waals surface area (Å²) in [6.07, 6.45) is 5.48. The Hall–Kier alpha value is -3.79.